The molecule has 0 aliphatic carbocycles. The summed E-state index contributed by atoms with van der Waals surface area (Å²) < 4.78 is 35.3. The first-order valence-corrected chi connectivity index (χ1v) is 12.1. The minimum atomic E-state index is -4.01. The van der Waals surface area contributed by atoms with Gasteiger partial charge in [-0.15, -0.1) is 0 Å². The van der Waals surface area contributed by atoms with Gasteiger partial charge in [-0.05, 0) is 42.0 Å². The number of oxazole rings is 1. The van der Waals surface area contributed by atoms with Gasteiger partial charge >= 0.3 is 5.76 Å². The SMILES string of the molecule is CC(C)CC(NS(=O)(=O)c1ccc2c(c1)oc(=O)n2C)C(=O)N1CCc2ccccc2C1. The van der Waals surface area contributed by atoms with Crippen molar-refractivity contribution in [2.75, 3.05) is 6.54 Å². The second-order valence-electron chi connectivity index (χ2n) is 8.64. The van der Waals surface area contributed by atoms with Crippen LogP contribution in [-0.4, -0.2) is 36.4 Å². The van der Waals surface area contributed by atoms with Gasteiger partial charge in [0.1, 0.15) is 6.04 Å². The van der Waals surface area contributed by atoms with E-state index in [1.807, 2.05) is 32.0 Å². The topological polar surface area (TPSA) is 102 Å². The number of amides is 1. The van der Waals surface area contributed by atoms with Crippen LogP contribution in [0.25, 0.3) is 11.1 Å². The number of hydrogen-bond donors (Lipinski definition) is 1. The van der Waals surface area contributed by atoms with Gasteiger partial charge in [0, 0.05) is 26.2 Å². The highest BCUT2D eigenvalue weighted by atomic mass is 32.2. The molecular weight excluding hydrogens is 430 g/mol. The summed E-state index contributed by atoms with van der Waals surface area (Å²) in [4.78, 5) is 26.7. The van der Waals surface area contributed by atoms with Gasteiger partial charge in [-0.1, -0.05) is 38.1 Å². The van der Waals surface area contributed by atoms with Crippen molar-refractivity contribution < 1.29 is 17.6 Å². The fraction of sp³-hybridized carbons (Fsp3) is 0.391. The zero-order valence-electron chi connectivity index (χ0n) is 18.4. The van der Waals surface area contributed by atoms with Crippen molar-refractivity contribution in [3.8, 4) is 0 Å². The van der Waals surface area contributed by atoms with Gasteiger partial charge in [0.2, 0.25) is 15.9 Å². The Labute approximate surface area is 186 Å². The highest BCUT2D eigenvalue weighted by Crippen LogP contribution is 2.22. The third-order valence-corrected chi connectivity index (χ3v) is 7.29. The average Bonchev–Trinajstić information content (AvgIpc) is 3.05. The number of carbonyl (C=O) groups is 1. The monoisotopic (exact) mass is 457 g/mol. The van der Waals surface area contributed by atoms with Crippen LogP contribution in [0.4, 0.5) is 0 Å². The van der Waals surface area contributed by atoms with Crippen molar-refractivity contribution in [2.45, 2.75) is 44.2 Å². The van der Waals surface area contributed by atoms with Crippen molar-refractivity contribution in [3.63, 3.8) is 0 Å². The summed E-state index contributed by atoms with van der Waals surface area (Å²) in [6.07, 6.45) is 1.12. The van der Waals surface area contributed by atoms with Crippen LogP contribution in [0.1, 0.15) is 31.4 Å². The Morgan fingerprint density at radius 3 is 2.59 bits per heavy atom. The van der Waals surface area contributed by atoms with Gasteiger partial charge in [-0.3, -0.25) is 9.36 Å². The Balaban J connectivity index is 1.59. The number of carbonyl (C=O) groups excluding carboxylic acids is 1. The van der Waals surface area contributed by atoms with E-state index in [2.05, 4.69) is 10.8 Å². The lowest BCUT2D eigenvalue weighted by Crippen LogP contribution is -2.50. The van der Waals surface area contributed by atoms with Gasteiger partial charge < -0.3 is 9.32 Å². The standard InChI is InChI=1S/C23H27N3O5S/c1-15(2)12-19(22(27)26-11-10-16-6-4-5-7-17(16)14-26)24-32(29,30)18-8-9-20-21(13-18)31-23(28)25(20)3/h4-9,13,15,19,24H,10-12,14H2,1-3H3. The van der Waals surface area contributed by atoms with Crippen LogP contribution in [0.5, 0.6) is 0 Å². The molecule has 2 heterocycles. The van der Waals surface area contributed by atoms with E-state index in [-0.39, 0.29) is 22.3 Å². The van der Waals surface area contributed by atoms with Gasteiger partial charge in [-0.2, -0.15) is 4.72 Å². The van der Waals surface area contributed by atoms with E-state index in [1.54, 1.807) is 11.9 Å². The molecule has 1 atom stereocenters. The molecule has 0 radical (unpaired) electrons. The molecule has 1 N–H and O–H groups in total. The van der Waals surface area contributed by atoms with E-state index < -0.39 is 21.8 Å². The Morgan fingerprint density at radius 2 is 1.88 bits per heavy atom. The molecule has 1 unspecified atom stereocenters. The first-order valence-electron chi connectivity index (χ1n) is 10.6. The van der Waals surface area contributed by atoms with E-state index in [0.29, 0.717) is 25.0 Å². The maximum atomic E-state index is 13.3. The molecule has 32 heavy (non-hydrogen) atoms. The number of rotatable bonds is 6. The lowest BCUT2D eigenvalue weighted by Gasteiger charge is -2.32. The van der Waals surface area contributed by atoms with Crippen molar-refractivity contribution in [2.24, 2.45) is 13.0 Å². The van der Waals surface area contributed by atoms with Crippen LogP contribution < -0.4 is 10.5 Å². The third-order valence-electron chi connectivity index (χ3n) is 5.82. The van der Waals surface area contributed by atoms with E-state index in [0.717, 1.165) is 12.0 Å². The molecule has 1 aliphatic rings. The minimum Gasteiger partial charge on any atom is -0.408 e. The number of aryl methyl sites for hydroxylation is 1. The molecule has 9 heteroatoms. The fourth-order valence-electron chi connectivity index (χ4n) is 4.11. The summed E-state index contributed by atoms with van der Waals surface area (Å²) in [7, 11) is -2.46. The predicted octanol–water partition coefficient (Wildman–Crippen LogP) is 2.41. The lowest BCUT2D eigenvalue weighted by atomic mass is 9.98. The van der Waals surface area contributed by atoms with Crippen molar-refractivity contribution in [3.05, 3.63) is 64.1 Å². The van der Waals surface area contributed by atoms with Crippen LogP contribution in [0.3, 0.4) is 0 Å². The van der Waals surface area contributed by atoms with E-state index in [1.165, 1.54) is 28.3 Å². The quantitative estimate of drug-likeness (QED) is 0.613. The predicted molar refractivity (Wildman–Crippen MR) is 121 cm³/mol. The zero-order valence-corrected chi connectivity index (χ0v) is 19.2. The van der Waals surface area contributed by atoms with Crippen LogP contribution in [0.15, 0.2) is 56.6 Å². The van der Waals surface area contributed by atoms with Crippen LogP contribution in [0.2, 0.25) is 0 Å². The zero-order chi connectivity index (χ0) is 23.0. The maximum Gasteiger partial charge on any atom is 0.419 e. The largest absolute Gasteiger partial charge is 0.419 e. The van der Waals surface area contributed by atoms with Gasteiger partial charge in [0.25, 0.3) is 0 Å². The highest BCUT2D eigenvalue weighted by molar-refractivity contribution is 7.89. The van der Waals surface area contributed by atoms with Gasteiger partial charge in [0.05, 0.1) is 10.4 Å². The number of nitrogens with one attached hydrogen (secondary N) is 1. The second-order valence-corrected chi connectivity index (χ2v) is 10.4. The Hall–Kier alpha value is -2.91. The summed E-state index contributed by atoms with van der Waals surface area (Å²) in [5.41, 5.74) is 2.98. The summed E-state index contributed by atoms with van der Waals surface area (Å²) in [6, 6.07) is 11.3. The number of benzene rings is 2. The number of nitrogens with zero attached hydrogens (tertiary/aromatic N) is 2. The minimum absolute atomic E-state index is 0.0510. The van der Waals surface area contributed by atoms with E-state index in [4.69, 9.17) is 4.42 Å². The van der Waals surface area contributed by atoms with Gasteiger partial charge in [-0.25, -0.2) is 13.2 Å². The van der Waals surface area contributed by atoms with Crippen molar-refractivity contribution >= 4 is 27.0 Å². The molecule has 0 bridgehead atoms. The lowest BCUT2D eigenvalue weighted by molar-refractivity contribution is -0.134. The smallest absolute Gasteiger partial charge is 0.408 e. The first-order chi connectivity index (χ1) is 15.2. The Bertz CT molecular complexity index is 1320. The van der Waals surface area contributed by atoms with Gasteiger partial charge in [0.15, 0.2) is 5.58 Å². The molecule has 2 aromatic carbocycles. The molecule has 170 valence electrons. The maximum absolute atomic E-state index is 13.3. The molecular formula is C23H27N3O5S. The summed E-state index contributed by atoms with van der Waals surface area (Å²) >= 11 is 0. The number of fused-ring (bicyclic) bond motifs is 2. The highest BCUT2D eigenvalue weighted by Gasteiger charge is 2.31. The Morgan fingerprint density at radius 1 is 1.16 bits per heavy atom. The average molecular weight is 458 g/mol. The van der Waals surface area contributed by atoms with Crippen LogP contribution >= 0.6 is 0 Å². The molecule has 1 amide bonds. The molecule has 3 aromatic rings. The second kappa shape index (κ2) is 8.55. The van der Waals surface area contributed by atoms with Crippen LogP contribution in [0, 0.1) is 5.92 Å². The number of hydrogen-bond acceptors (Lipinski definition) is 5. The summed E-state index contributed by atoms with van der Waals surface area (Å²) in [5.74, 6) is -0.691. The van der Waals surface area contributed by atoms with Crippen LogP contribution in [-0.2, 0) is 34.8 Å². The summed E-state index contributed by atoms with van der Waals surface area (Å²) in [6.45, 7) is 4.91. The molecule has 4 rings (SSSR count). The fourth-order valence-corrected chi connectivity index (χ4v) is 5.33. The third kappa shape index (κ3) is 4.35. The number of aromatic nitrogens is 1. The molecule has 0 spiro atoms. The van der Waals surface area contributed by atoms with E-state index in [9.17, 15) is 18.0 Å². The number of sulfonamides is 1. The molecule has 8 nitrogen and oxygen atoms in total. The molecule has 0 fully saturated rings. The van der Waals surface area contributed by atoms with Crippen molar-refractivity contribution in [1.82, 2.24) is 14.2 Å². The summed E-state index contributed by atoms with van der Waals surface area (Å²) in [5, 5.41) is 0. The molecule has 1 aromatic heterocycles. The normalized spacial score (nSPS) is 15.2. The molecule has 1 aliphatic heterocycles. The van der Waals surface area contributed by atoms with Crippen molar-refractivity contribution in [1.29, 1.82) is 0 Å². The first kappa shape index (κ1) is 22.3. The molecule has 0 saturated carbocycles. The van der Waals surface area contributed by atoms with E-state index >= 15 is 0 Å². The molecule has 0 saturated heterocycles. The Kier molecular flexibility index (Phi) is 5.96.